The van der Waals surface area contributed by atoms with E-state index in [2.05, 4.69) is 28.9 Å². The van der Waals surface area contributed by atoms with Crippen molar-refractivity contribution in [3.63, 3.8) is 0 Å². The maximum atomic E-state index is 5.43. The summed E-state index contributed by atoms with van der Waals surface area (Å²) in [6, 6.07) is 0. The lowest BCUT2D eigenvalue weighted by Gasteiger charge is -2.23. The minimum absolute atomic E-state index is 0. The fraction of sp³-hybridized carbons (Fsp3) is 0.800. The van der Waals surface area contributed by atoms with Crippen molar-refractivity contribution in [1.82, 2.24) is 15.0 Å². The Balaban J connectivity index is 0. The molecule has 0 spiro atoms. The molecule has 17 heavy (non-hydrogen) atoms. The van der Waals surface area contributed by atoms with Crippen LogP contribution in [0.2, 0.25) is 0 Å². The molecule has 0 aliphatic rings. The van der Waals surface area contributed by atoms with Gasteiger partial charge in [-0.05, 0) is 34.5 Å². The van der Waals surface area contributed by atoms with Gasteiger partial charge in [0, 0.05) is 13.0 Å². The molecule has 0 saturated heterocycles. The van der Waals surface area contributed by atoms with Crippen LogP contribution in [0, 0.1) is 0 Å². The summed E-state index contributed by atoms with van der Waals surface area (Å²) in [5.41, 5.74) is 5.31. The zero-order chi connectivity index (χ0) is 11.5. The Morgan fingerprint density at radius 3 is 2.35 bits per heavy atom. The van der Waals surface area contributed by atoms with Crippen molar-refractivity contribution in [2.45, 2.75) is 25.7 Å². The average Bonchev–Trinajstić information content (AvgIpc) is 2.51. The van der Waals surface area contributed by atoms with E-state index >= 15 is 0 Å². The number of halogens is 2. The molecule has 0 atom stereocenters. The largest absolute Gasteiger partial charge is 0.339 e. The van der Waals surface area contributed by atoms with Crippen LogP contribution < -0.4 is 5.73 Å². The van der Waals surface area contributed by atoms with Gasteiger partial charge >= 0.3 is 0 Å². The highest BCUT2D eigenvalue weighted by Crippen LogP contribution is 2.21. The molecule has 1 heterocycles. The molecule has 0 bridgehead atoms. The van der Waals surface area contributed by atoms with Gasteiger partial charge in [-0.2, -0.15) is 4.98 Å². The van der Waals surface area contributed by atoms with Crippen molar-refractivity contribution in [1.29, 1.82) is 0 Å². The summed E-state index contributed by atoms with van der Waals surface area (Å²) in [7, 11) is 4.05. The van der Waals surface area contributed by atoms with Crippen LogP contribution in [0.25, 0.3) is 0 Å². The molecular formula is C10H22Cl2N4O. The van der Waals surface area contributed by atoms with Crippen LogP contribution in [0.1, 0.15) is 25.6 Å². The normalized spacial score (nSPS) is 10.9. The first-order chi connectivity index (χ1) is 6.95. The summed E-state index contributed by atoms with van der Waals surface area (Å²) in [4.78, 5) is 6.44. The van der Waals surface area contributed by atoms with Crippen molar-refractivity contribution in [2.75, 3.05) is 27.2 Å². The molecule has 0 amide bonds. The van der Waals surface area contributed by atoms with Crippen LogP contribution in [-0.2, 0) is 11.8 Å². The number of rotatable bonds is 5. The second-order valence-electron chi connectivity index (χ2n) is 4.68. The van der Waals surface area contributed by atoms with E-state index in [-0.39, 0.29) is 30.2 Å². The van der Waals surface area contributed by atoms with Gasteiger partial charge in [0.05, 0.1) is 5.41 Å². The first kappa shape index (κ1) is 19.0. The Bertz CT molecular complexity index is 315. The Morgan fingerprint density at radius 1 is 1.29 bits per heavy atom. The summed E-state index contributed by atoms with van der Waals surface area (Å²) in [6.45, 7) is 5.60. The van der Waals surface area contributed by atoms with Crippen molar-refractivity contribution in [3.05, 3.63) is 11.7 Å². The van der Waals surface area contributed by atoms with Gasteiger partial charge in [-0.1, -0.05) is 5.16 Å². The molecular weight excluding hydrogens is 263 g/mol. The highest BCUT2D eigenvalue weighted by Gasteiger charge is 2.28. The maximum Gasteiger partial charge on any atom is 0.233 e. The SMILES string of the molecule is CN(C)CC(C)(C)c1nc(CCN)no1.Cl.Cl. The van der Waals surface area contributed by atoms with Gasteiger partial charge in [-0.15, -0.1) is 24.8 Å². The van der Waals surface area contributed by atoms with E-state index in [1.54, 1.807) is 0 Å². The van der Waals surface area contributed by atoms with Gasteiger partial charge in [0.25, 0.3) is 0 Å². The smallest absolute Gasteiger partial charge is 0.233 e. The van der Waals surface area contributed by atoms with E-state index in [9.17, 15) is 0 Å². The second kappa shape index (κ2) is 7.87. The first-order valence-electron chi connectivity index (χ1n) is 5.13. The molecule has 0 unspecified atom stereocenters. The van der Waals surface area contributed by atoms with Crippen LogP contribution in [0.5, 0.6) is 0 Å². The van der Waals surface area contributed by atoms with E-state index in [0.29, 0.717) is 24.7 Å². The Hall–Kier alpha value is -0.360. The van der Waals surface area contributed by atoms with Gasteiger partial charge in [-0.25, -0.2) is 0 Å². The number of aromatic nitrogens is 2. The topological polar surface area (TPSA) is 68.2 Å². The van der Waals surface area contributed by atoms with Crippen LogP contribution in [-0.4, -0.2) is 42.2 Å². The number of hydrogen-bond donors (Lipinski definition) is 1. The summed E-state index contributed by atoms with van der Waals surface area (Å²) in [5, 5.41) is 3.89. The number of hydrogen-bond acceptors (Lipinski definition) is 5. The molecule has 5 nitrogen and oxygen atoms in total. The first-order valence-corrected chi connectivity index (χ1v) is 5.13. The van der Waals surface area contributed by atoms with Crippen LogP contribution in [0.15, 0.2) is 4.52 Å². The molecule has 0 saturated carbocycles. The highest BCUT2D eigenvalue weighted by molar-refractivity contribution is 5.85. The molecule has 1 rings (SSSR count). The van der Waals surface area contributed by atoms with E-state index in [1.165, 1.54) is 0 Å². The monoisotopic (exact) mass is 284 g/mol. The molecule has 0 aromatic carbocycles. The molecule has 1 aromatic rings. The fourth-order valence-electron chi connectivity index (χ4n) is 1.62. The Labute approximate surface area is 115 Å². The predicted octanol–water partition coefficient (Wildman–Crippen LogP) is 1.25. The minimum Gasteiger partial charge on any atom is -0.339 e. The summed E-state index contributed by atoms with van der Waals surface area (Å²) in [6.07, 6.45) is 0.668. The lowest BCUT2D eigenvalue weighted by Crippen LogP contribution is -2.32. The van der Waals surface area contributed by atoms with Gasteiger partial charge < -0.3 is 15.2 Å². The summed E-state index contributed by atoms with van der Waals surface area (Å²) in [5.74, 6) is 1.37. The second-order valence-corrected chi connectivity index (χ2v) is 4.68. The third kappa shape index (κ3) is 5.68. The Morgan fingerprint density at radius 2 is 1.88 bits per heavy atom. The van der Waals surface area contributed by atoms with Crippen molar-refractivity contribution < 1.29 is 4.52 Å². The van der Waals surface area contributed by atoms with Crippen LogP contribution in [0.3, 0.4) is 0 Å². The molecule has 0 aliphatic heterocycles. The maximum absolute atomic E-state index is 5.43. The van der Waals surface area contributed by atoms with Gasteiger partial charge in [-0.3, -0.25) is 0 Å². The standard InChI is InChI=1S/C10H20N4O.2ClH/c1-10(2,7-14(3)4)9-12-8(5-6-11)13-15-9;;/h5-7,11H2,1-4H3;2*1H. The van der Waals surface area contributed by atoms with Gasteiger partial charge in [0.1, 0.15) is 0 Å². The summed E-state index contributed by atoms with van der Waals surface area (Å²) < 4.78 is 5.24. The van der Waals surface area contributed by atoms with Crippen molar-refractivity contribution in [3.8, 4) is 0 Å². The average molecular weight is 285 g/mol. The fourth-order valence-corrected chi connectivity index (χ4v) is 1.62. The minimum atomic E-state index is -0.122. The van der Waals surface area contributed by atoms with Crippen molar-refractivity contribution in [2.24, 2.45) is 5.73 Å². The number of nitrogens with zero attached hydrogens (tertiary/aromatic N) is 3. The number of nitrogens with two attached hydrogens (primary N) is 1. The van der Waals surface area contributed by atoms with E-state index in [0.717, 1.165) is 6.54 Å². The molecule has 1 aromatic heterocycles. The quantitative estimate of drug-likeness (QED) is 0.882. The van der Waals surface area contributed by atoms with E-state index < -0.39 is 0 Å². The summed E-state index contributed by atoms with van der Waals surface area (Å²) >= 11 is 0. The van der Waals surface area contributed by atoms with Gasteiger partial charge in [0.15, 0.2) is 5.82 Å². The zero-order valence-corrected chi connectivity index (χ0v) is 12.4. The number of likely N-dealkylation sites (N-methyl/N-ethyl adjacent to an activating group) is 1. The van der Waals surface area contributed by atoms with Crippen LogP contribution in [0.4, 0.5) is 0 Å². The molecule has 102 valence electrons. The molecule has 0 aliphatic carbocycles. The molecule has 7 heteroatoms. The van der Waals surface area contributed by atoms with Crippen LogP contribution >= 0.6 is 24.8 Å². The highest BCUT2D eigenvalue weighted by atomic mass is 35.5. The van der Waals surface area contributed by atoms with E-state index in [4.69, 9.17) is 10.3 Å². The molecule has 0 fully saturated rings. The van der Waals surface area contributed by atoms with E-state index in [1.807, 2.05) is 14.1 Å². The third-order valence-corrected chi connectivity index (χ3v) is 2.13. The molecule has 0 radical (unpaired) electrons. The van der Waals surface area contributed by atoms with Crippen molar-refractivity contribution >= 4 is 24.8 Å². The lowest BCUT2D eigenvalue weighted by molar-refractivity contribution is 0.246. The predicted molar refractivity (Wildman–Crippen MR) is 73.1 cm³/mol. The molecule has 2 N–H and O–H groups in total. The third-order valence-electron chi connectivity index (χ3n) is 2.13. The van der Waals surface area contributed by atoms with Gasteiger partial charge in [0.2, 0.25) is 5.89 Å². The Kier molecular flexibility index (Phi) is 8.79. The lowest BCUT2D eigenvalue weighted by atomic mass is 9.93. The zero-order valence-electron chi connectivity index (χ0n) is 10.8.